The molecule has 1 amide bonds. The number of nitrogens with zero attached hydrogens (tertiary/aromatic N) is 4. The zero-order valence-electron chi connectivity index (χ0n) is 20.9. The number of aromatic carboxylic acids is 1. The van der Waals surface area contributed by atoms with Crippen molar-refractivity contribution >= 4 is 23.5 Å². The van der Waals surface area contributed by atoms with Crippen molar-refractivity contribution in [3.05, 3.63) is 47.0 Å². The topological polar surface area (TPSA) is 128 Å². The summed E-state index contributed by atoms with van der Waals surface area (Å²) in [6, 6.07) is 2.73. The van der Waals surface area contributed by atoms with Gasteiger partial charge in [-0.3, -0.25) is 0 Å². The molecule has 3 aromatic rings. The molecule has 2 aliphatic heterocycles. The second-order valence-electron chi connectivity index (χ2n) is 10.2. The van der Waals surface area contributed by atoms with Gasteiger partial charge in [-0.25, -0.2) is 23.5 Å². The van der Waals surface area contributed by atoms with E-state index in [1.54, 1.807) is 27.0 Å². The first-order valence-corrected chi connectivity index (χ1v) is 11.9. The van der Waals surface area contributed by atoms with Gasteiger partial charge in [-0.2, -0.15) is 5.10 Å². The molecule has 2 aliphatic rings. The molecule has 5 rings (SSSR count). The average molecular weight is 514 g/mol. The smallest absolute Gasteiger partial charge is 0.407 e. The van der Waals surface area contributed by atoms with Crippen LogP contribution in [0.3, 0.4) is 0 Å². The Morgan fingerprint density at radius 1 is 1.32 bits per heavy atom. The molecule has 2 aromatic heterocycles. The van der Waals surface area contributed by atoms with Gasteiger partial charge in [-0.15, -0.1) is 0 Å². The number of benzene rings is 1. The molecule has 2 N–H and O–H groups in total. The first kappa shape index (κ1) is 24.6. The number of nitrogens with one attached hydrogen (secondary N) is 1. The van der Waals surface area contributed by atoms with E-state index in [9.17, 15) is 19.1 Å². The number of carboxylic acid groups (broad SMARTS) is 1. The second kappa shape index (κ2) is 9.09. The average Bonchev–Trinajstić information content (AvgIpc) is 3.40. The molecule has 0 spiro atoms. The number of hydrogen-bond donors (Lipinski definition) is 2. The second-order valence-corrected chi connectivity index (χ2v) is 10.2. The number of carboxylic acids is 1. The van der Waals surface area contributed by atoms with Gasteiger partial charge >= 0.3 is 12.1 Å². The molecule has 0 fully saturated rings. The SMILES string of the molecule is C[C@@H]1COc2cn3ncc(C(=O)O)c3nc2N1Cc1cc(F)cc2c1OC(CNC(=O)OC(C)(C)C)C2. The highest BCUT2D eigenvalue weighted by Crippen LogP contribution is 2.38. The van der Waals surface area contributed by atoms with Gasteiger partial charge < -0.3 is 29.5 Å². The predicted molar refractivity (Wildman–Crippen MR) is 130 cm³/mol. The molecule has 0 radical (unpaired) electrons. The fraction of sp³-hybridized carbons (Fsp3) is 0.440. The fourth-order valence-corrected chi connectivity index (χ4v) is 4.48. The zero-order valence-corrected chi connectivity index (χ0v) is 20.9. The highest BCUT2D eigenvalue weighted by Gasteiger charge is 2.32. The Balaban J connectivity index is 1.40. The van der Waals surface area contributed by atoms with Crippen LogP contribution in [0.2, 0.25) is 0 Å². The van der Waals surface area contributed by atoms with Gasteiger partial charge in [0.2, 0.25) is 0 Å². The maximum absolute atomic E-state index is 14.6. The van der Waals surface area contributed by atoms with Crippen molar-refractivity contribution in [2.24, 2.45) is 0 Å². The number of fused-ring (bicyclic) bond motifs is 3. The molecular weight excluding hydrogens is 485 g/mol. The number of carbonyl (C=O) groups excluding carboxylic acids is 1. The van der Waals surface area contributed by atoms with Crippen molar-refractivity contribution < 1.29 is 33.3 Å². The van der Waals surface area contributed by atoms with E-state index in [-0.39, 0.29) is 36.4 Å². The molecule has 196 valence electrons. The van der Waals surface area contributed by atoms with Crippen LogP contribution in [0.15, 0.2) is 24.5 Å². The van der Waals surface area contributed by atoms with Gasteiger partial charge in [0.15, 0.2) is 17.2 Å². The van der Waals surface area contributed by atoms with Crippen LogP contribution in [-0.4, -0.2) is 62.7 Å². The van der Waals surface area contributed by atoms with Crippen LogP contribution >= 0.6 is 0 Å². The number of alkyl carbamates (subject to hydrolysis) is 1. The minimum atomic E-state index is -1.14. The van der Waals surface area contributed by atoms with Crippen LogP contribution in [0.1, 0.15) is 49.2 Å². The van der Waals surface area contributed by atoms with Crippen LogP contribution in [0, 0.1) is 5.82 Å². The zero-order chi connectivity index (χ0) is 26.5. The molecule has 0 aliphatic carbocycles. The third kappa shape index (κ3) is 4.95. The summed E-state index contributed by atoms with van der Waals surface area (Å²) in [5, 5.41) is 16.3. The van der Waals surface area contributed by atoms with E-state index in [1.165, 1.54) is 22.8 Å². The summed E-state index contributed by atoms with van der Waals surface area (Å²) in [6.45, 7) is 8.10. The van der Waals surface area contributed by atoms with Crippen molar-refractivity contribution in [2.45, 2.75) is 58.4 Å². The van der Waals surface area contributed by atoms with Crippen LogP contribution in [-0.2, 0) is 17.7 Å². The molecule has 11 nitrogen and oxygen atoms in total. The monoisotopic (exact) mass is 513 g/mol. The number of rotatable bonds is 5. The molecule has 1 unspecified atom stereocenters. The van der Waals surface area contributed by atoms with E-state index in [0.717, 1.165) is 0 Å². The Morgan fingerprint density at radius 2 is 2.11 bits per heavy atom. The van der Waals surface area contributed by atoms with Crippen molar-refractivity contribution in [1.82, 2.24) is 19.9 Å². The summed E-state index contributed by atoms with van der Waals surface area (Å²) in [4.78, 5) is 30.1. The third-order valence-corrected chi connectivity index (χ3v) is 6.11. The molecular formula is C25H28FN5O6. The number of anilines is 1. The molecule has 12 heteroatoms. The van der Waals surface area contributed by atoms with E-state index in [0.29, 0.717) is 41.5 Å². The van der Waals surface area contributed by atoms with Crippen molar-refractivity contribution in [2.75, 3.05) is 18.1 Å². The summed E-state index contributed by atoms with van der Waals surface area (Å²) in [5.74, 6) is -0.0884. The fourth-order valence-electron chi connectivity index (χ4n) is 4.48. The Labute approximate surface area is 212 Å². The number of hydrogen-bond acceptors (Lipinski definition) is 8. The highest BCUT2D eigenvalue weighted by molar-refractivity contribution is 5.94. The molecule has 0 saturated heterocycles. The quantitative estimate of drug-likeness (QED) is 0.529. The number of halogens is 1. The van der Waals surface area contributed by atoms with E-state index < -0.39 is 23.5 Å². The number of amides is 1. The number of carbonyl (C=O) groups is 2. The lowest BCUT2D eigenvalue weighted by molar-refractivity contribution is 0.0505. The highest BCUT2D eigenvalue weighted by atomic mass is 19.1. The maximum atomic E-state index is 14.6. The van der Waals surface area contributed by atoms with E-state index in [1.807, 2.05) is 11.8 Å². The lowest BCUT2D eigenvalue weighted by atomic mass is 10.0. The molecule has 37 heavy (non-hydrogen) atoms. The van der Waals surface area contributed by atoms with Crippen molar-refractivity contribution in [1.29, 1.82) is 0 Å². The minimum Gasteiger partial charge on any atom is -0.488 e. The molecule has 2 atom stereocenters. The van der Waals surface area contributed by atoms with Gasteiger partial charge in [0.1, 0.15) is 35.4 Å². The van der Waals surface area contributed by atoms with Gasteiger partial charge in [-0.05, 0) is 39.8 Å². The van der Waals surface area contributed by atoms with Crippen LogP contribution < -0.4 is 19.7 Å². The summed E-state index contributed by atoms with van der Waals surface area (Å²) < 4.78 is 33.2. The lowest BCUT2D eigenvalue weighted by Crippen LogP contribution is -2.41. The van der Waals surface area contributed by atoms with Gasteiger partial charge in [0.25, 0.3) is 0 Å². The Kier molecular flexibility index (Phi) is 6.04. The van der Waals surface area contributed by atoms with Crippen LogP contribution in [0.25, 0.3) is 5.65 Å². The maximum Gasteiger partial charge on any atom is 0.407 e. The molecule has 0 saturated carbocycles. The molecule has 0 bridgehead atoms. The van der Waals surface area contributed by atoms with Crippen LogP contribution in [0.5, 0.6) is 11.5 Å². The largest absolute Gasteiger partial charge is 0.488 e. The van der Waals surface area contributed by atoms with E-state index >= 15 is 0 Å². The van der Waals surface area contributed by atoms with Gasteiger partial charge in [-0.1, -0.05) is 0 Å². The third-order valence-electron chi connectivity index (χ3n) is 6.11. The Hall–Kier alpha value is -4.09. The predicted octanol–water partition coefficient (Wildman–Crippen LogP) is 3.18. The first-order chi connectivity index (χ1) is 17.5. The lowest BCUT2D eigenvalue weighted by Gasteiger charge is -2.36. The van der Waals surface area contributed by atoms with E-state index in [4.69, 9.17) is 14.2 Å². The summed E-state index contributed by atoms with van der Waals surface area (Å²) in [5.41, 5.74) is 0.856. The molecule has 1 aromatic carbocycles. The summed E-state index contributed by atoms with van der Waals surface area (Å²) >= 11 is 0. The summed E-state index contributed by atoms with van der Waals surface area (Å²) in [6.07, 6.45) is 2.34. The number of ether oxygens (including phenoxy) is 3. The summed E-state index contributed by atoms with van der Waals surface area (Å²) in [7, 11) is 0. The van der Waals surface area contributed by atoms with Crippen molar-refractivity contribution in [3.63, 3.8) is 0 Å². The van der Waals surface area contributed by atoms with Gasteiger partial charge in [0.05, 0.1) is 25.0 Å². The first-order valence-electron chi connectivity index (χ1n) is 11.9. The minimum absolute atomic E-state index is 0.0312. The normalized spacial score (nSPS) is 18.6. The Bertz CT molecular complexity index is 1380. The van der Waals surface area contributed by atoms with E-state index in [2.05, 4.69) is 15.4 Å². The standard InChI is InChI=1S/C25H28FN5O6/c1-13-12-35-19-11-31-21(18(9-28-31)23(32)33)29-22(19)30(13)10-15-6-16(26)5-14-7-17(36-20(14)15)8-27-24(34)37-25(2,3)4/h5-6,9,11,13,17H,7-8,10,12H2,1-4H3,(H,27,34)(H,32,33)/t13-,17?/m1/s1. The molecule has 4 heterocycles. The number of aromatic nitrogens is 3. The van der Waals surface area contributed by atoms with Crippen molar-refractivity contribution in [3.8, 4) is 11.5 Å². The van der Waals surface area contributed by atoms with Crippen LogP contribution in [0.4, 0.5) is 15.0 Å². The van der Waals surface area contributed by atoms with Gasteiger partial charge in [0, 0.05) is 24.1 Å². The Morgan fingerprint density at radius 3 is 2.84 bits per heavy atom.